The first-order valence-electron chi connectivity index (χ1n) is 8.32. The lowest BCUT2D eigenvalue weighted by Crippen LogP contribution is -2.25. The molecule has 1 unspecified atom stereocenters. The minimum Gasteiger partial charge on any atom is -0.325 e. The molecule has 0 aromatic heterocycles. The quantitative estimate of drug-likeness (QED) is 0.785. The average Bonchev–Trinajstić information content (AvgIpc) is 2.57. The lowest BCUT2D eigenvalue weighted by atomic mass is 10.1. The number of benzene rings is 2. The van der Waals surface area contributed by atoms with Gasteiger partial charge in [0.1, 0.15) is 5.82 Å². The maximum atomic E-state index is 12.9. The number of carbonyl (C=O) groups is 2. The molecule has 2 aromatic carbocycles. The van der Waals surface area contributed by atoms with Crippen molar-refractivity contribution in [2.75, 3.05) is 16.4 Å². The van der Waals surface area contributed by atoms with Crippen molar-refractivity contribution in [3.8, 4) is 0 Å². The third-order valence-corrected chi connectivity index (χ3v) is 5.03. The van der Waals surface area contributed by atoms with Crippen molar-refractivity contribution in [2.45, 2.75) is 32.9 Å². The zero-order chi connectivity index (χ0) is 19.3. The highest BCUT2D eigenvalue weighted by atomic mass is 32.2. The van der Waals surface area contributed by atoms with Crippen LogP contribution >= 0.6 is 11.8 Å². The minimum atomic E-state index is -0.380. The predicted octanol–water partition coefficient (Wildman–Crippen LogP) is 4.45. The molecule has 2 aromatic rings. The van der Waals surface area contributed by atoms with Gasteiger partial charge in [0.2, 0.25) is 11.8 Å². The highest BCUT2D eigenvalue weighted by molar-refractivity contribution is 8.01. The molecule has 0 aliphatic rings. The van der Waals surface area contributed by atoms with Crippen molar-refractivity contribution in [3.63, 3.8) is 0 Å². The van der Waals surface area contributed by atoms with Crippen LogP contribution in [0.3, 0.4) is 0 Å². The summed E-state index contributed by atoms with van der Waals surface area (Å²) in [6.45, 7) is 7.71. The van der Waals surface area contributed by atoms with Crippen molar-refractivity contribution >= 4 is 35.0 Å². The van der Waals surface area contributed by atoms with E-state index < -0.39 is 0 Å². The van der Waals surface area contributed by atoms with Crippen LogP contribution in [0.25, 0.3) is 0 Å². The molecule has 0 bridgehead atoms. The van der Waals surface area contributed by atoms with Crippen LogP contribution < -0.4 is 10.6 Å². The maximum absolute atomic E-state index is 12.9. The Morgan fingerprint density at radius 2 is 1.62 bits per heavy atom. The summed E-state index contributed by atoms with van der Waals surface area (Å²) in [7, 11) is 0. The van der Waals surface area contributed by atoms with E-state index in [2.05, 4.69) is 10.6 Å². The number of carbonyl (C=O) groups excluding carboxylic acids is 2. The summed E-state index contributed by atoms with van der Waals surface area (Å²) in [4.78, 5) is 24.4. The van der Waals surface area contributed by atoms with Crippen molar-refractivity contribution in [3.05, 3.63) is 58.9 Å². The number of anilines is 2. The molecule has 0 heterocycles. The van der Waals surface area contributed by atoms with Gasteiger partial charge in [-0.1, -0.05) is 17.7 Å². The Kier molecular flexibility index (Phi) is 6.80. The summed E-state index contributed by atoms with van der Waals surface area (Å²) in [6, 6.07) is 9.61. The number of rotatable bonds is 6. The van der Waals surface area contributed by atoms with Crippen LogP contribution in [0.15, 0.2) is 36.4 Å². The van der Waals surface area contributed by atoms with Gasteiger partial charge in [-0.25, -0.2) is 4.39 Å². The van der Waals surface area contributed by atoms with Gasteiger partial charge in [0.05, 0.1) is 11.0 Å². The Balaban J connectivity index is 1.87. The largest absolute Gasteiger partial charge is 0.325 e. The first-order chi connectivity index (χ1) is 12.3. The Hall–Kier alpha value is -2.34. The molecule has 0 spiro atoms. The van der Waals surface area contributed by atoms with E-state index in [9.17, 15) is 14.0 Å². The molecule has 0 saturated heterocycles. The van der Waals surface area contributed by atoms with Gasteiger partial charge >= 0.3 is 0 Å². The van der Waals surface area contributed by atoms with E-state index in [4.69, 9.17) is 0 Å². The minimum absolute atomic E-state index is 0.137. The molecule has 2 amide bonds. The zero-order valence-corrected chi connectivity index (χ0v) is 16.2. The Bertz CT molecular complexity index is 783. The van der Waals surface area contributed by atoms with E-state index in [1.54, 1.807) is 6.92 Å². The van der Waals surface area contributed by atoms with E-state index in [1.165, 1.54) is 36.0 Å². The second-order valence-corrected chi connectivity index (χ2v) is 7.60. The monoisotopic (exact) mass is 374 g/mol. The summed E-state index contributed by atoms with van der Waals surface area (Å²) in [5, 5.41) is 5.25. The average molecular weight is 374 g/mol. The highest BCUT2D eigenvalue weighted by Gasteiger charge is 2.17. The van der Waals surface area contributed by atoms with Crippen LogP contribution in [0, 0.1) is 26.6 Å². The number of amides is 2. The van der Waals surface area contributed by atoms with Crippen molar-refractivity contribution in [2.24, 2.45) is 0 Å². The van der Waals surface area contributed by atoms with Crippen LogP contribution in [-0.2, 0) is 9.59 Å². The van der Waals surface area contributed by atoms with Gasteiger partial charge in [0, 0.05) is 11.4 Å². The van der Waals surface area contributed by atoms with E-state index in [-0.39, 0.29) is 28.6 Å². The fraction of sp³-hybridized carbons (Fsp3) is 0.300. The molecule has 4 nitrogen and oxygen atoms in total. The number of aryl methyl sites for hydroxylation is 3. The fourth-order valence-electron chi connectivity index (χ4n) is 2.61. The molecule has 0 radical (unpaired) electrons. The first-order valence-corrected chi connectivity index (χ1v) is 9.37. The molecule has 0 aliphatic heterocycles. The topological polar surface area (TPSA) is 58.2 Å². The maximum Gasteiger partial charge on any atom is 0.237 e. The van der Waals surface area contributed by atoms with Gasteiger partial charge < -0.3 is 10.6 Å². The molecule has 138 valence electrons. The fourth-order valence-corrected chi connectivity index (χ4v) is 3.29. The molecule has 1 atom stereocenters. The number of hydrogen-bond acceptors (Lipinski definition) is 3. The third-order valence-electron chi connectivity index (χ3n) is 3.89. The Labute approximate surface area is 157 Å². The summed E-state index contributed by atoms with van der Waals surface area (Å²) >= 11 is 1.25. The summed E-state index contributed by atoms with van der Waals surface area (Å²) in [5.74, 6) is -0.592. The van der Waals surface area contributed by atoms with Crippen molar-refractivity contribution in [1.82, 2.24) is 0 Å². The molecule has 26 heavy (non-hydrogen) atoms. The Morgan fingerprint density at radius 3 is 2.19 bits per heavy atom. The lowest BCUT2D eigenvalue weighted by molar-refractivity contribution is -0.115. The summed E-state index contributed by atoms with van der Waals surface area (Å²) < 4.78 is 12.9. The van der Waals surface area contributed by atoms with E-state index in [1.807, 2.05) is 32.9 Å². The van der Waals surface area contributed by atoms with E-state index in [0.717, 1.165) is 22.4 Å². The molecule has 0 fully saturated rings. The van der Waals surface area contributed by atoms with E-state index in [0.29, 0.717) is 5.69 Å². The molecular weight excluding hydrogens is 351 g/mol. The molecular formula is C20H23FN2O2S. The number of halogens is 1. The van der Waals surface area contributed by atoms with Gasteiger partial charge in [-0.15, -0.1) is 11.8 Å². The number of nitrogens with one attached hydrogen (secondary N) is 2. The summed E-state index contributed by atoms with van der Waals surface area (Å²) in [6.07, 6.45) is 0. The number of hydrogen-bond donors (Lipinski definition) is 2. The normalized spacial score (nSPS) is 11.7. The zero-order valence-electron chi connectivity index (χ0n) is 15.4. The predicted molar refractivity (Wildman–Crippen MR) is 106 cm³/mol. The highest BCUT2D eigenvalue weighted by Crippen LogP contribution is 2.23. The second-order valence-electron chi connectivity index (χ2n) is 6.27. The molecule has 2 rings (SSSR count). The van der Waals surface area contributed by atoms with Crippen molar-refractivity contribution < 1.29 is 14.0 Å². The SMILES string of the molecule is Cc1cc(C)c(NC(=O)C(C)SCC(=O)Nc2ccc(F)cc2)c(C)c1. The van der Waals surface area contributed by atoms with Gasteiger partial charge in [0.15, 0.2) is 0 Å². The standard InChI is InChI=1S/C20H23FN2O2S/c1-12-9-13(2)19(14(3)10-12)23-20(25)15(4)26-11-18(24)22-17-7-5-16(21)6-8-17/h5-10,15H,11H2,1-4H3,(H,22,24)(H,23,25). The van der Waals surface area contributed by atoms with Gasteiger partial charge in [-0.2, -0.15) is 0 Å². The molecule has 6 heteroatoms. The van der Waals surface area contributed by atoms with Gasteiger partial charge in [-0.05, 0) is 63.1 Å². The third kappa shape index (κ3) is 5.59. The van der Waals surface area contributed by atoms with Gasteiger partial charge in [-0.3, -0.25) is 9.59 Å². The number of thioether (sulfide) groups is 1. The first kappa shape index (κ1) is 20.0. The molecule has 0 aliphatic carbocycles. The van der Waals surface area contributed by atoms with Crippen LogP contribution in [0.4, 0.5) is 15.8 Å². The van der Waals surface area contributed by atoms with Crippen LogP contribution in [0.5, 0.6) is 0 Å². The van der Waals surface area contributed by atoms with Crippen LogP contribution in [-0.4, -0.2) is 22.8 Å². The Morgan fingerprint density at radius 1 is 1.04 bits per heavy atom. The summed E-state index contributed by atoms with van der Waals surface area (Å²) in [5.41, 5.74) is 4.53. The lowest BCUT2D eigenvalue weighted by Gasteiger charge is -2.16. The van der Waals surface area contributed by atoms with E-state index >= 15 is 0 Å². The van der Waals surface area contributed by atoms with Crippen LogP contribution in [0.2, 0.25) is 0 Å². The second kappa shape index (κ2) is 8.85. The van der Waals surface area contributed by atoms with Gasteiger partial charge in [0.25, 0.3) is 0 Å². The molecule has 0 saturated carbocycles. The smallest absolute Gasteiger partial charge is 0.237 e. The van der Waals surface area contributed by atoms with Crippen LogP contribution in [0.1, 0.15) is 23.6 Å². The molecule has 2 N–H and O–H groups in total. The van der Waals surface area contributed by atoms with Crippen molar-refractivity contribution in [1.29, 1.82) is 0 Å².